The Hall–Kier alpha value is -1.38. The number of hydrogen-bond acceptors (Lipinski definition) is 5. The van der Waals surface area contributed by atoms with E-state index in [2.05, 4.69) is 32.6 Å². The molecule has 1 aliphatic rings. The van der Waals surface area contributed by atoms with Crippen LogP contribution >= 0.6 is 24.0 Å². The summed E-state index contributed by atoms with van der Waals surface area (Å²) in [5, 5.41) is 10.8. The topological polar surface area (TPSA) is 66.6 Å². The van der Waals surface area contributed by atoms with Crippen molar-refractivity contribution in [1.29, 1.82) is 0 Å². The fourth-order valence-corrected chi connectivity index (χ4v) is 1.85. The zero-order valence-electron chi connectivity index (χ0n) is 10.00. The van der Waals surface area contributed by atoms with Gasteiger partial charge < -0.3 is 10.6 Å². The second kappa shape index (κ2) is 5.51. The second-order valence-corrected chi connectivity index (χ2v) is 4.13. The number of nitrogens with zero attached hydrogens (tertiary/aromatic N) is 4. The molecule has 2 N–H and O–H groups in total. The van der Waals surface area contributed by atoms with E-state index in [0.29, 0.717) is 12.6 Å². The predicted octanol–water partition coefficient (Wildman–Crippen LogP) is 0.785. The van der Waals surface area contributed by atoms with Crippen LogP contribution in [0.15, 0.2) is 29.5 Å². The van der Waals surface area contributed by atoms with Crippen molar-refractivity contribution in [2.45, 2.75) is 19.5 Å². The van der Waals surface area contributed by atoms with Gasteiger partial charge in [-0.15, -0.1) is 24.0 Å². The maximum absolute atomic E-state index is 4.35. The summed E-state index contributed by atoms with van der Waals surface area (Å²) in [5.74, 6) is 0.856. The van der Waals surface area contributed by atoms with Crippen LogP contribution in [0.2, 0.25) is 0 Å². The number of guanidine groups is 1. The van der Waals surface area contributed by atoms with Crippen LogP contribution in [-0.4, -0.2) is 33.1 Å². The average Bonchev–Trinajstić information content (AvgIpc) is 2.94. The van der Waals surface area contributed by atoms with Crippen LogP contribution < -0.4 is 10.6 Å². The summed E-state index contributed by atoms with van der Waals surface area (Å²) in [5.41, 5.74) is 1.92. The molecule has 18 heavy (non-hydrogen) atoms. The maximum atomic E-state index is 4.35. The lowest BCUT2D eigenvalue weighted by Gasteiger charge is -2.09. The smallest absolute Gasteiger partial charge is 0.191 e. The zero-order valence-corrected chi connectivity index (χ0v) is 12.3. The van der Waals surface area contributed by atoms with Crippen molar-refractivity contribution in [1.82, 2.24) is 25.2 Å². The fraction of sp³-hybridized carbons (Fsp3) is 0.364. The van der Waals surface area contributed by atoms with Gasteiger partial charge in [-0.3, -0.25) is 4.99 Å². The van der Waals surface area contributed by atoms with Crippen LogP contribution in [0.4, 0.5) is 0 Å². The molecule has 0 aliphatic carbocycles. The van der Waals surface area contributed by atoms with E-state index in [9.17, 15) is 0 Å². The quantitative estimate of drug-likeness (QED) is 0.779. The van der Waals surface area contributed by atoms with E-state index in [-0.39, 0.29) is 24.0 Å². The number of nitrogens with one attached hydrogen (secondary N) is 2. The van der Waals surface area contributed by atoms with Crippen molar-refractivity contribution >= 4 is 35.6 Å². The van der Waals surface area contributed by atoms with Gasteiger partial charge >= 0.3 is 0 Å². The molecule has 0 saturated heterocycles. The van der Waals surface area contributed by atoms with Gasteiger partial charge in [-0.1, -0.05) is 0 Å². The van der Waals surface area contributed by atoms with Gasteiger partial charge in [0.05, 0.1) is 25.0 Å². The maximum Gasteiger partial charge on any atom is 0.191 e. The molecule has 96 valence electrons. The molecule has 6 nitrogen and oxygen atoms in total. The summed E-state index contributed by atoms with van der Waals surface area (Å²) in [6, 6.07) is 4.25. The highest BCUT2D eigenvalue weighted by molar-refractivity contribution is 14.0. The minimum atomic E-state index is 0. The number of fused-ring (bicyclic) bond motifs is 1. The zero-order chi connectivity index (χ0) is 11.7. The number of halogens is 1. The van der Waals surface area contributed by atoms with Crippen LogP contribution in [0.25, 0.3) is 5.65 Å². The van der Waals surface area contributed by atoms with Crippen molar-refractivity contribution in [3.05, 3.63) is 30.2 Å². The Morgan fingerprint density at radius 3 is 3.11 bits per heavy atom. The van der Waals surface area contributed by atoms with Gasteiger partial charge in [-0.2, -0.15) is 5.10 Å². The summed E-state index contributed by atoms with van der Waals surface area (Å²) >= 11 is 0. The minimum Gasteiger partial charge on any atom is -0.352 e. The van der Waals surface area contributed by atoms with Crippen LogP contribution in [0.1, 0.15) is 12.6 Å². The molecule has 0 aromatic carbocycles. The number of rotatable bonds is 2. The lowest BCUT2D eigenvalue weighted by molar-refractivity contribution is 0.707. The van der Waals surface area contributed by atoms with Crippen LogP contribution in [-0.2, 0) is 6.54 Å². The fourth-order valence-electron chi connectivity index (χ4n) is 1.85. The van der Waals surface area contributed by atoms with Crippen LogP contribution in [0.5, 0.6) is 0 Å². The van der Waals surface area contributed by atoms with Gasteiger partial charge in [0.1, 0.15) is 0 Å². The molecular formula is C11H15IN6. The molecule has 0 radical (unpaired) electrons. The van der Waals surface area contributed by atoms with Crippen molar-refractivity contribution in [2.75, 3.05) is 6.54 Å². The first kappa shape index (κ1) is 13.1. The molecule has 7 heteroatoms. The Kier molecular flexibility index (Phi) is 4.00. The molecule has 3 rings (SSSR count). The Morgan fingerprint density at radius 1 is 1.44 bits per heavy atom. The molecular weight excluding hydrogens is 343 g/mol. The third-order valence-electron chi connectivity index (χ3n) is 2.71. The SMILES string of the molecule is CC1CN=C(NCc2ccnc3ccnn23)N1.I. The standard InChI is InChI=1S/C11H14N6.HI/c1-8-6-13-11(16-8)14-7-9-2-4-12-10-3-5-15-17(9)10;/h2-5,8H,6-7H2,1H3,(H2,13,14,16);1H. The average molecular weight is 358 g/mol. The van der Waals surface area contributed by atoms with E-state index < -0.39 is 0 Å². The number of aliphatic imine (C=N–C) groups is 1. The first-order chi connectivity index (χ1) is 8.33. The molecule has 0 bridgehead atoms. The third-order valence-corrected chi connectivity index (χ3v) is 2.71. The molecule has 2 aromatic rings. The molecule has 1 unspecified atom stereocenters. The minimum absolute atomic E-state index is 0. The first-order valence-corrected chi connectivity index (χ1v) is 5.65. The van der Waals surface area contributed by atoms with Crippen LogP contribution in [0, 0.1) is 0 Å². The molecule has 0 fully saturated rings. The van der Waals surface area contributed by atoms with E-state index in [4.69, 9.17) is 0 Å². The Bertz CT molecular complexity index is 563. The van der Waals surface area contributed by atoms with Gasteiger partial charge in [0.2, 0.25) is 0 Å². The first-order valence-electron chi connectivity index (χ1n) is 5.65. The van der Waals surface area contributed by atoms with Gasteiger partial charge in [0.25, 0.3) is 0 Å². The molecule has 0 saturated carbocycles. The summed E-state index contributed by atoms with van der Waals surface area (Å²) < 4.78 is 1.83. The second-order valence-electron chi connectivity index (χ2n) is 4.13. The number of aromatic nitrogens is 3. The van der Waals surface area contributed by atoms with Crippen molar-refractivity contribution in [2.24, 2.45) is 4.99 Å². The highest BCUT2D eigenvalue weighted by atomic mass is 127. The van der Waals surface area contributed by atoms with Gasteiger partial charge in [0, 0.05) is 18.3 Å². The van der Waals surface area contributed by atoms with E-state index in [1.54, 1.807) is 12.4 Å². The normalized spacial score (nSPS) is 18.1. The van der Waals surface area contributed by atoms with E-state index in [0.717, 1.165) is 23.8 Å². The largest absolute Gasteiger partial charge is 0.352 e. The predicted molar refractivity (Wildman–Crippen MR) is 80.1 cm³/mol. The molecule has 1 atom stereocenters. The lowest BCUT2D eigenvalue weighted by Crippen LogP contribution is -2.37. The molecule has 1 aliphatic heterocycles. The highest BCUT2D eigenvalue weighted by Crippen LogP contribution is 2.03. The summed E-state index contributed by atoms with van der Waals surface area (Å²) in [4.78, 5) is 8.57. The Morgan fingerprint density at radius 2 is 2.33 bits per heavy atom. The summed E-state index contributed by atoms with van der Waals surface area (Å²) in [6.45, 7) is 3.62. The Labute approximate surface area is 122 Å². The van der Waals surface area contributed by atoms with E-state index >= 15 is 0 Å². The molecule has 2 aromatic heterocycles. The van der Waals surface area contributed by atoms with E-state index in [1.165, 1.54) is 0 Å². The summed E-state index contributed by atoms with van der Waals surface area (Å²) in [6.07, 6.45) is 3.54. The van der Waals surface area contributed by atoms with Gasteiger partial charge in [0.15, 0.2) is 11.6 Å². The van der Waals surface area contributed by atoms with Gasteiger partial charge in [-0.05, 0) is 13.0 Å². The monoisotopic (exact) mass is 358 g/mol. The van der Waals surface area contributed by atoms with E-state index in [1.807, 2.05) is 16.6 Å². The van der Waals surface area contributed by atoms with Gasteiger partial charge in [-0.25, -0.2) is 9.50 Å². The lowest BCUT2D eigenvalue weighted by atomic mass is 10.4. The molecule has 0 spiro atoms. The molecule has 0 amide bonds. The van der Waals surface area contributed by atoms with Crippen molar-refractivity contribution in [3.8, 4) is 0 Å². The van der Waals surface area contributed by atoms with Crippen molar-refractivity contribution in [3.63, 3.8) is 0 Å². The highest BCUT2D eigenvalue weighted by Gasteiger charge is 2.12. The van der Waals surface area contributed by atoms with Crippen LogP contribution in [0.3, 0.4) is 0 Å². The van der Waals surface area contributed by atoms with Crippen molar-refractivity contribution < 1.29 is 0 Å². The number of hydrogen-bond donors (Lipinski definition) is 2. The summed E-state index contributed by atoms with van der Waals surface area (Å²) in [7, 11) is 0. The Balaban J connectivity index is 0.00000120. The molecule has 3 heterocycles. The third kappa shape index (κ3) is 2.55.